The Kier molecular flexibility index (Phi) is 6.82. The van der Waals surface area contributed by atoms with Crippen LogP contribution in [0, 0.1) is 5.82 Å². The molecule has 1 saturated heterocycles. The number of benzene rings is 2. The van der Waals surface area contributed by atoms with Crippen molar-refractivity contribution >= 4 is 5.78 Å². The highest BCUT2D eigenvalue weighted by Gasteiger charge is 2.20. The zero-order valence-corrected chi connectivity index (χ0v) is 15.7. The summed E-state index contributed by atoms with van der Waals surface area (Å²) >= 11 is 0. The van der Waals surface area contributed by atoms with Crippen molar-refractivity contribution in [3.05, 3.63) is 59.9 Å². The summed E-state index contributed by atoms with van der Waals surface area (Å²) in [6.45, 7) is 2.86. The molecule has 0 radical (unpaired) electrons. The summed E-state index contributed by atoms with van der Waals surface area (Å²) in [6, 6.07) is 13.5. The van der Waals surface area contributed by atoms with Crippen molar-refractivity contribution < 1.29 is 18.7 Å². The van der Waals surface area contributed by atoms with Crippen molar-refractivity contribution in [3.63, 3.8) is 0 Å². The van der Waals surface area contributed by atoms with Gasteiger partial charge in [0.25, 0.3) is 0 Å². The number of carbonyl (C=O) groups is 1. The van der Waals surface area contributed by atoms with Crippen LogP contribution in [0.1, 0.15) is 36.0 Å². The zero-order valence-electron chi connectivity index (χ0n) is 15.7. The van der Waals surface area contributed by atoms with Crippen molar-refractivity contribution in [2.45, 2.75) is 31.8 Å². The summed E-state index contributed by atoms with van der Waals surface area (Å²) in [6.07, 6.45) is 3.51. The van der Waals surface area contributed by atoms with E-state index in [0.717, 1.165) is 50.4 Å². The molecule has 0 aromatic heterocycles. The van der Waals surface area contributed by atoms with Crippen LogP contribution in [0.25, 0.3) is 0 Å². The topological polar surface area (TPSA) is 38.8 Å². The molecule has 1 fully saturated rings. The first-order valence-electron chi connectivity index (χ1n) is 9.46. The first-order chi connectivity index (χ1) is 13.1. The molecule has 0 unspecified atom stereocenters. The molecule has 1 aliphatic rings. The number of nitrogens with zero attached hydrogens (tertiary/aromatic N) is 1. The molecule has 0 atom stereocenters. The number of piperidine rings is 1. The number of halogens is 1. The highest BCUT2D eigenvalue weighted by atomic mass is 19.1. The molecule has 0 saturated carbocycles. The van der Waals surface area contributed by atoms with Crippen LogP contribution in [0.4, 0.5) is 4.39 Å². The molecule has 2 aromatic carbocycles. The van der Waals surface area contributed by atoms with Gasteiger partial charge in [0.2, 0.25) is 0 Å². The lowest BCUT2D eigenvalue weighted by Gasteiger charge is -2.32. The summed E-state index contributed by atoms with van der Waals surface area (Å²) in [5, 5.41) is 0. The van der Waals surface area contributed by atoms with Gasteiger partial charge in [0.05, 0.1) is 7.11 Å². The summed E-state index contributed by atoms with van der Waals surface area (Å²) < 4.78 is 24.1. The minimum absolute atomic E-state index is 0.0766. The maximum absolute atomic E-state index is 12.9. The number of Topliss-reactive ketones (excluding diaryl/α,β-unsaturated/α-hetero) is 1. The molecule has 3 rings (SSSR count). The predicted octanol–water partition coefficient (Wildman–Crippen LogP) is 4.34. The van der Waals surface area contributed by atoms with E-state index in [1.54, 1.807) is 19.2 Å². The van der Waals surface area contributed by atoms with Gasteiger partial charge in [-0.05, 0) is 74.3 Å². The summed E-state index contributed by atoms with van der Waals surface area (Å²) in [7, 11) is 1.65. The van der Waals surface area contributed by atoms with Crippen LogP contribution in [0.15, 0.2) is 48.5 Å². The second-order valence-corrected chi connectivity index (χ2v) is 6.87. The van der Waals surface area contributed by atoms with E-state index in [2.05, 4.69) is 4.90 Å². The number of hydrogen-bond acceptors (Lipinski definition) is 4. The Morgan fingerprint density at radius 2 is 1.67 bits per heavy atom. The Hall–Kier alpha value is -2.40. The quantitative estimate of drug-likeness (QED) is 0.647. The molecule has 0 aliphatic carbocycles. The third kappa shape index (κ3) is 5.79. The van der Waals surface area contributed by atoms with Gasteiger partial charge in [-0.2, -0.15) is 0 Å². The number of ketones is 1. The van der Waals surface area contributed by atoms with Crippen molar-refractivity contribution in [2.24, 2.45) is 0 Å². The number of likely N-dealkylation sites (tertiary alicyclic amines) is 1. The van der Waals surface area contributed by atoms with Gasteiger partial charge in [-0.15, -0.1) is 0 Å². The summed E-state index contributed by atoms with van der Waals surface area (Å²) in [5.74, 6) is 1.46. The fraction of sp³-hybridized carbons (Fsp3) is 0.409. The van der Waals surface area contributed by atoms with Gasteiger partial charge in [0.1, 0.15) is 23.4 Å². The summed E-state index contributed by atoms with van der Waals surface area (Å²) in [4.78, 5) is 14.5. The van der Waals surface area contributed by atoms with Crippen LogP contribution in [0.2, 0.25) is 0 Å². The van der Waals surface area contributed by atoms with Crippen molar-refractivity contribution in [1.82, 2.24) is 4.90 Å². The Morgan fingerprint density at radius 3 is 2.30 bits per heavy atom. The number of ether oxygens (including phenoxy) is 2. The number of hydrogen-bond donors (Lipinski definition) is 0. The van der Waals surface area contributed by atoms with Crippen LogP contribution < -0.4 is 9.47 Å². The molecule has 0 amide bonds. The highest BCUT2D eigenvalue weighted by Crippen LogP contribution is 2.22. The van der Waals surface area contributed by atoms with E-state index < -0.39 is 0 Å². The average molecular weight is 371 g/mol. The number of carbonyl (C=O) groups excluding carboxylic acids is 1. The largest absolute Gasteiger partial charge is 0.497 e. The molecule has 27 heavy (non-hydrogen) atoms. The van der Waals surface area contributed by atoms with E-state index >= 15 is 0 Å². The predicted molar refractivity (Wildman–Crippen MR) is 103 cm³/mol. The second-order valence-electron chi connectivity index (χ2n) is 6.87. The third-order valence-electron chi connectivity index (χ3n) is 4.94. The first kappa shape index (κ1) is 19.4. The Bertz CT molecular complexity index is 722. The molecule has 5 heteroatoms. The smallest absolute Gasteiger partial charge is 0.162 e. The van der Waals surface area contributed by atoms with Crippen molar-refractivity contribution in [3.8, 4) is 11.5 Å². The fourth-order valence-electron chi connectivity index (χ4n) is 3.34. The van der Waals surface area contributed by atoms with E-state index in [-0.39, 0.29) is 17.7 Å². The summed E-state index contributed by atoms with van der Waals surface area (Å²) in [5.41, 5.74) is 0.586. The highest BCUT2D eigenvalue weighted by molar-refractivity contribution is 5.95. The molecule has 1 aliphatic heterocycles. The molecule has 144 valence electrons. The van der Waals surface area contributed by atoms with Crippen LogP contribution in [-0.2, 0) is 0 Å². The maximum Gasteiger partial charge on any atom is 0.162 e. The normalized spacial score (nSPS) is 15.5. The van der Waals surface area contributed by atoms with E-state index in [1.807, 2.05) is 24.3 Å². The van der Waals surface area contributed by atoms with Gasteiger partial charge >= 0.3 is 0 Å². The van der Waals surface area contributed by atoms with Crippen molar-refractivity contribution in [2.75, 3.05) is 26.7 Å². The minimum Gasteiger partial charge on any atom is -0.497 e. The average Bonchev–Trinajstić information content (AvgIpc) is 2.70. The molecule has 0 N–H and O–H groups in total. The lowest BCUT2D eigenvalue weighted by atomic mass is 10.0. The minimum atomic E-state index is -0.314. The monoisotopic (exact) mass is 371 g/mol. The van der Waals surface area contributed by atoms with Gasteiger partial charge in [-0.3, -0.25) is 4.79 Å². The molecular formula is C22H26FNO3. The Labute approximate surface area is 159 Å². The van der Waals surface area contributed by atoms with E-state index in [9.17, 15) is 9.18 Å². The molecule has 0 spiro atoms. The number of methoxy groups -OCH3 is 1. The fourth-order valence-corrected chi connectivity index (χ4v) is 3.34. The SMILES string of the molecule is COc1ccc(OC2CCN(CCCC(=O)c3ccc(F)cc3)CC2)cc1. The van der Waals surface area contributed by atoms with Gasteiger partial charge in [-0.1, -0.05) is 0 Å². The lowest BCUT2D eigenvalue weighted by molar-refractivity contribution is 0.0920. The van der Waals surface area contributed by atoms with Crippen LogP contribution in [0.3, 0.4) is 0 Å². The number of rotatable bonds is 8. The lowest BCUT2D eigenvalue weighted by Crippen LogP contribution is -2.38. The Morgan fingerprint density at radius 1 is 1.04 bits per heavy atom. The van der Waals surface area contributed by atoms with Crippen LogP contribution in [-0.4, -0.2) is 43.5 Å². The standard InChI is InChI=1S/C22H26FNO3/c1-26-19-8-10-20(11-9-19)27-21-12-15-24(16-13-21)14-2-3-22(25)17-4-6-18(23)7-5-17/h4-11,21H,2-3,12-16H2,1H3. The van der Waals surface area contributed by atoms with E-state index in [4.69, 9.17) is 9.47 Å². The van der Waals surface area contributed by atoms with Crippen LogP contribution >= 0.6 is 0 Å². The molecular weight excluding hydrogens is 345 g/mol. The molecule has 4 nitrogen and oxygen atoms in total. The van der Waals surface area contributed by atoms with E-state index in [1.165, 1.54) is 12.1 Å². The molecule has 0 bridgehead atoms. The first-order valence-corrected chi connectivity index (χ1v) is 9.46. The second kappa shape index (κ2) is 9.51. The molecule has 1 heterocycles. The Balaban J connectivity index is 1.35. The van der Waals surface area contributed by atoms with Gasteiger partial charge in [0.15, 0.2) is 5.78 Å². The third-order valence-corrected chi connectivity index (χ3v) is 4.94. The van der Waals surface area contributed by atoms with Gasteiger partial charge in [0, 0.05) is 25.1 Å². The van der Waals surface area contributed by atoms with Crippen molar-refractivity contribution in [1.29, 1.82) is 0 Å². The maximum atomic E-state index is 12.9. The zero-order chi connectivity index (χ0) is 19.1. The van der Waals surface area contributed by atoms with Gasteiger partial charge in [-0.25, -0.2) is 4.39 Å². The van der Waals surface area contributed by atoms with Crippen LogP contribution in [0.5, 0.6) is 11.5 Å². The van der Waals surface area contributed by atoms with Gasteiger partial charge < -0.3 is 14.4 Å². The molecule has 2 aromatic rings. The van der Waals surface area contributed by atoms with E-state index in [0.29, 0.717) is 12.0 Å².